The molecule has 1 heterocycles. The lowest BCUT2D eigenvalue weighted by molar-refractivity contribution is -0.144. The van der Waals surface area contributed by atoms with Crippen LogP contribution < -0.4 is 5.32 Å². The van der Waals surface area contributed by atoms with Crippen LogP contribution in [0.25, 0.3) is 0 Å². The number of aromatic nitrogens is 1. The monoisotopic (exact) mass is 478 g/mol. The minimum Gasteiger partial charge on any atom is -0.455 e. The van der Waals surface area contributed by atoms with Crippen molar-refractivity contribution in [2.75, 3.05) is 17.7 Å². The van der Waals surface area contributed by atoms with Gasteiger partial charge in [-0.05, 0) is 46.6 Å². The van der Waals surface area contributed by atoms with Gasteiger partial charge in [0.15, 0.2) is 11.7 Å². The molecule has 0 aliphatic carbocycles. The number of carbonyl (C=O) groups is 2. The van der Waals surface area contributed by atoms with E-state index in [4.69, 9.17) is 4.74 Å². The van der Waals surface area contributed by atoms with Gasteiger partial charge in [0.1, 0.15) is 0 Å². The van der Waals surface area contributed by atoms with Crippen molar-refractivity contribution < 1.29 is 14.3 Å². The van der Waals surface area contributed by atoms with Crippen LogP contribution in [0.2, 0.25) is 0 Å². The lowest BCUT2D eigenvalue weighted by Crippen LogP contribution is -2.21. The van der Waals surface area contributed by atoms with E-state index in [0.717, 1.165) is 18.7 Å². The molecule has 1 N–H and O–H groups in total. The standard InChI is InChI=1S/C14H12Br2N2O3S2/c1-8-4-9(15)2-3-10(8)22-7-13(20)21-6-12(19)18-14-17-5-11(16)23-14/h2-5H,6-7H2,1H3,(H,17,18,19). The quantitative estimate of drug-likeness (QED) is 0.495. The second-order valence-corrected chi connectivity index (χ2v) is 8.72. The molecule has 0 spiro atoms. The lowest BCUT2D eigenvalue weighted by atomic mass is 10.2. The molecule has 0 radical (unpaired) electrons. The summed E-state index contributed by atoms with van der Waals surface area (Å²) in [7, 11) is 0. The van der Waals surface area contributed by atoms with Crippen LogP contribution in [0.15, 0.2) is 37.6 Å². The number of thiazole rings is 1. The van der Waals surface area contributed by atoms with Gasteiger partial charge < -0.3 is 4.74 Å². The Hall–Kier alpha value is -0.900. The largest absolute Gasteiger partial charge is 0.455 e. The van der Waals surface area contributed by atoms with E-state index in [1.807, 2.05) is 25.1 Å². The fourth-order valence-electron chi connectivity index (χ4n) is 1.57. The Bertz CT molecular complexity index is 722. The summed E-state index contributed by atoms with van der Waals surface area (Å²) in [5, 5.41) is 3.01. The second kappa shape index (κ2) is 8.81. The van der Waals surface area contributed by atoms with Crippen LogP contribution >= 0.6 is 55.0 Å². The maximum atomic E-state index is 11.7. The van der Waals surface area contributed by atoms with Gasteiger partial charge in [-0.1, -0.05) is 27.3 Å². The van der Waals surface area contributed by atoms with E-state index in [0.29, 0.717) is 5.13 Å². The highest BCUT2D eigenvalue weighted by Gasteiger charge is 2.11. The van der Waals surface area contributed by atoms with E-state index in [-0.39, 0.29) is 12.4 Å². The van der Waals surface area contributed by atoms with Crippen LogP contribution in [0.3, 0.4) is 0 Å². The summed E-state index contributed by atoms with van der Waals surface area (Å²) in [6, 6.07) is 5.83. The molecule has 1 aromatic carbocycles. The van der Waals surface area contributed by atoms with Crippen LogP contribution in [0.4, 0.5) is 5.13 Å². The second-order valence-electron chi connectivity index (χ2n) is 4.38. The number of hydrogen-bond donors (Lipinski definition) is 1. The van der Waals surface area contributed by atoms with Crippen LogP contribution in [-0.2, 0) is 14.3 Å². The average Bonchev–Trinajstić information content (AvgIpc) is 2.89. The zero-order valence-electron chi connectivity index (χ0n) is 12.0. The summed E-state index contributed by atoms with van der Waals surface area (Å²) in [5.74, 6) is -0.698. The SMILES string of the molecule is Cc1cc(Br)ccc1SCC(=O)OCC(=O)Nc1ncc(Br)s1. The van der Waals surface area contributed by atoms with E-state index >= 15 is 0 Å². The van der Waals surface area contributed by atoms with Crippen LogP contribution in [0, 0.1) is 6.92 Å². The molecule has 9 heteroatoms. The predicted molar refractivity (Wildman–Crippen MR) is 99.0 cm³/mol. The zero-order chi connectivity index (χ0) is 16.8. The van der Waals surface area contributed by atoms with Crippen molar-refractivity contribution in [3.05, 3.63) is 38.2 Å². The van der Waals surface area contributed by atoms with Crippen LogP contribution in [0.1, 0.15) is 5.56 Å². The molecule has 1 amide bonds. The fourth-order valence-corrected chi connectivity index (χ4v) is 3.97. The Morgan fingerprint density at radius 1 is 1.39 bits per heavy atom. The number of benzene rings is 1. The number of thioether (sulfide) groups is 1. The number of esters is 1. The maximum Gasteiger partial charge on any atom is 0.316 e. The average molecular weight is 480 g/mol. The molecule has 0 aliphatic rings. The molecule has 0 unspecified atom stereocenters. The molecule has 0 fully saturated rings. The Morgan fingerprint density at radius 2 is 2.17 bits per heavy atom. The third kappa shape index (κ3) is 6.25. The minimum atomic E-state index is -0.437. The highest BCUT2D eigenvalue weighted by molar-refractivity contribution is 9.11. The van der Waals surface area contributed by atoms with E-state index in [9.17, 15) is 9.59 Å². The van der Waals surface area contributed by atoms with E-state index in [1.54, 1.807) is 6.20 Å². The number of ether oxygens (including phenoxy) is 1. The first-order chi connectivity index (χ1) is 10.9. The molecule has 23 heavy (non-hydrogen) atoms. The Kier molecular flexibility index (Phi) is 7.07. The molecular formula is C14H12Br2N2O3S2. The summed E-state index contributed by atoms with van der Waals surface area (Å²) in [6.45, 7) is 1.65. The van der Waals surface area contributed by atoms with Crippen molar-refractivity contribution in [2.45, 2.75) is 11.8 Å². The number of nitrogens with zero attached hydrogens (tertiary/aromatic N) is 1. The van der Waals surface area contributed by atoms with E-state index < -0.39 is 11.9 Å². The highest BCUT2D eigenvalue weighted by Crippen LogP contribution is 2.25. The molecule has 0 saturated heterocycles. The molecule has 0 bridgehead atoms. The van der Waals surface area contributed by atoms with Gasteiger partial charge in [-0.15, -0.1) is 11.8 Å². The fraction of sp³-hybridized carbons (Fsp3) is 0.214. The van der Waals surface area contributed by atoms with Gasteiger partial charge in [0.2, 0.25) is 0 Å². The van der Waals surface area contributed by atoms with Gasteiger partial charge >= 0.3 is 5.97 Å². The number of rotatable bonds is 6. The zero-order valence-corrected chi connectivity index (χ0v) is 16.8. The topological polar surface area (TPSA) is 68.3 Å². The van der Waals surface area contributed by atoms with Gasteiger partial charge in [-0.3, -0.25) is 14.9 Å². The van der Waals surface area contributed by atoms with Crippen molar-refractivity contribution in [1.29, 1.82) is 0 Å². The summed E-state index contributed by atoms with van der Waals surface area (Å²) < 4.78 is 6.76. The summed E-state index contributed by atoms with van der Waals surface area (Å²) >= 11 is 9.31. The number of hydrogen-bond acceptors (Lipinski definition) is 6. The predicted octanol–water partition coefficient (Wildman–Crippen LogP) is 4.25. The van der Waals surface area contributed by atoms with Crippen molar-refractivity contribution in [3.8, 4) is 0 Å². The van der Waals surface area contributed by atoms with Gasteiger partial charge in [0.25, 0.3) is 5.91 Å². The smallest absolute Gasteiger partial charge is 0.316 e. The first-order valence-electron chi connectivity index (χ1n) is 6.40. The molecule has 0 saturated carbocycles. The summed E-state index contributed by atoms with van der Waals surface area (Å²) in [4.78, 5) is 28.3. The van der Waals surface area contributed by atoms with Crippen molar-refractivity contribution >= 4 is 72.0 Å². The van der Waals surface area contributed by atoms with Crippen LogP contribution in [0.5, 0.6) is 0 Å². The number of aryl methyl sites for hydroxylation is 1. The van der Waals surface area contributed by atoms with Gasteiger partial charge in [0.05, 0.1) is 15.7 Å². The Labute approximate surface area is 158 Å². The number of amides is 1. The first-order valence-corrected chi connectivity index (χ1v) is 9.78. The van der Waals surface area contributed by atoms with Gasteiger partial charge in [-0.2, -0.15) is 0 Å². The Balaban J connectivity index is 1.73. The minimum absolute atomic E-state index is 0.151. The molecule has 5 nitrogen and oxygen atoms in total. The molecule has 2 rings (SSSR count). The van der Waals surface area contributed by atoms with Gasteiger partial charge in [-0.25, -0.2) is 4.98 Å². The van der Waals surface area contributed by atoms with Crippen LogP contribution in [-0.4, -0.2) is 29.2 Å². The van der Waals surface area contributed by atoms with E-state index in [2.05, 4.69) is 42.2 Å². The third-order valence-corrected chi connectivity index (χ3v) is 5.60. The summed E-state index contributed by atoms with van der Waals surface area (Å²) in [6.07, 6.45) is 1.59. The van der Waals surface area contributed by atoms with Gasteiger partial charge in [0, 0.05) is 9.37 Å². The molecular weight excluding hydrogens is 468 g/mol. The lowest BCUT2D eigenvalue weighted by Gasteiger charge is -2.07. The molecule has 0 atom stereocenters. The molecule has 122 valence electrons. The highest BCUT2D eigenvalue weighted by atomic mass is 79.9. The van der Waals surface area contributed by atoms with Crippen molar-refractivity contribution in [2.24, 2.45) is 0 Å². The third-order valence-electron chi connectivity index (χ3n) is 2.57. The number of anilines is 1. The number of nitrogens with one attached hydrogen (secondary N) is 1. The van der Waals surface area contributed by atoms with Crippen molar-refractivity contribution in [1.82, 2.24) is 4.98 Å². The normalized spacial score (nSPS) is 10.4. The summed E-state index contributed by atoms with van der Waals surface area (Å²) in [5.41, 5.74) is 1.07. The van der Waals surface area contributed by atoms with Crippen molar-refractivity contribution in [3.63, 3.8) is 0 Å². The molecule has 0 aliphatic heterocycles. The number of carbonyl (C=O) groups excluding carboxylic acids is 2. The maximum absolute atomic E-state index is 11.7. The Morgan fingerprint density at radius 3 is 2.83 bits per heavy atom. The number of halogens is 2. The van der Waals surface area contributed by atoms with E-state index in [1.165, 1.54) is 23.1 Å². The molecule has 2 aromatic rings. The first kappa shape index (κ1) is 18.4. The molecule has 1 aromatic heterocycles.